The Balaban J connectivity index is 1.72. The molecule has 0 unspecified atom stereocenters. The maximum absolute atomic E-state index is 14.4. The summed E-state index contributed by atoms with van der Waals surface area (Å²) in [6.07, 6.45) is 0.185. The lowest BCUT2D eigenvalue weighted by Crippen LogP contribution is -2.58. The number of likely N-dealkylation sites (N-methyl/N-ethyl adjacent to an activating group) is 1. The van der Waals surface area contributed by atoms with Crippen molar-refractivity contribution in [2.45, 2.75) is 63.3 Å². The standard InChI is InChI=1S/C33H41FN6O7/c1-19(2)13-24-30(44)37-25(14-20-9-5-4-6-10-20)33(47)40-16-21(35-29(43)22-11-7-8-12-23(22)34)15-27(40)31(45)38-26(18-41)32(46)39(3)17-28(42)36-24/h4-12,19,21,24-27,41H,13-18H2,1-3H3,(H,35,43)(H,36,42)(H,37,44)(H,38,45)/t21-,24-,25-,26-,27-/m0/s1. The molecule has 0 radical (unpaired) electrons. The Morgan fingerprint density at radius 3 is 2.23 bits per heavy atom. The minimum absolute atomic E-state index is 0.0295. The summed E-state index contributed by atoms with van der Waals surface area (Å²) >= 11 is 0. The Labute approximate surface area is 272 Å². The van der Waals surface area contributed by atoms with E-state index in [0.717, 1.165) is 11.0 Å². The van der Waals surface area contributed by atoms with E-state index in [-0.39, 0.29) is 37.3 Å². The molecule has 2 aromatic rings. The lowest BCUT2D eigenvalue weighted by atomic mass is 10.0. The number of hydrogen-bond acceptors (Lipinski definition) is 7. The highest BCUT2D eigenvalue weighted by Crippen LogP contribution is 2.22. The summed E-state index contributed by atoms with van der Waals surface area (Å²) < 4.78 is 14.4. The third-order valence-electron chi connectivity index (χ3n) is 8.15. The molecule has 2 aromatic carbocycles. The monoisotopic (exact) mass is 652 g/mol. The van der Waals surface area contributed by atoms with Crippen LogP contribution in [0.1, 0.15) is 42.6 Å². The van der Waals surface area contributed by atoms with E-state index in [1.807, 2.05) is 13.8 Å². The number of nitrogens with zero attached hydrogens (tertiary/aromatic N) is 2. The summed E-state index contributed by atoms with van der Waals surface area (Å²) in [5, 5.41) is 20.6. The fraction of sp³-hybridized carbons (Fsp3) is 0.455. The smallest absolute Gasteiger partial charge is 0.254 e. The van der Waals surface area contributed by atoms with Crippen molar-refractivity contribution in [2.75, 3.05) is 26.7 Å². The quantitative estimate of drug-likeness (QED) is 0.274. The lowest BCUT2D eigenvalue weighted by molar-refractivity contribution is -0.143. The van der Waals surface area contributed by atoms with E-state index in [1.165, 1.54) is 30.1 Å². The first-order valence-corrected chi connectivity index (χ1v) is 15.5. The Bertz CT molecular complexity index is 1490. The number of aliphatic hydroxyl groups excluding tert-OH is 1. The Morgan fingerprint density at radius 1 is 0.915 bits per heavy atom. The Morgan fingerprint density at radius 2 is 1.57 bits per heavy atom. The van der Waals surface area contributed by atoms with Crippen molar-refractivity contribution in [3.63, 3.8) is 0 Å². The van der Waals surface area contributed by atoms with Gasteiger partial charge in [-0.2, -0.15) is 0 Å². The van der Waals surface area contributed by atoms with Gasteiger partial charge in [-0.15, -0.1) is 0 Å². The highest BCUT2D eigenvalue weighted by atomic mass is 19.1. The van der Waals surface area contributed by atoms with Gasteiger partial charge in [-0.05, 0) is 36.5 Å². The van der Waals surface area contributed by atoms with Gasteiger partial charge in [-0.1, -0.05) is 56.3 Å². The van der Waals surface area contributed by atoms with Crippen LogP contribution < -0.4 is 21.3 Å². The first-order chi connectivity index (χ1) is 22.4. The Kier molecular flexibility index (Phi) is 11.6. The van der Waals surface area contributed by atoms with E-state index in [2.05, 4.69) is 21.3 Å². The molecule has 0 aromatic heterocycles. The predicted molar refractivity (Wildman–Crippen MR) is 168 cm³/mol. The topological polar surface area (TPSA) is 177 Å². The second-order valence-electron chi connectivity index (χ2n) is 12.3. The molecule has 2 aliphatic rings. The van der Waals surface area contributed by atoms with Gasteiger partial charge in [0.2, 0.25) is 29.5 Å². The minimum atomic E-state index is -1.44. The number of amides is 6. The summed E-state index contributed by atoms with van der Waals surface area (Å²) in [4.78, 5) is 83.0. The number of nitrogens with one attached hydrogen (secondary N) is 4. The number of carbonyl (C=O) groups excluding carboxylic acids is 6. The molecule has 2 heterocycles. The molecule has 2 fully saturated rings. The van der Waals surface area contributed by atoms with Crippen LogP contribution in [-0.4, -0.2) is 107 Å². The number of carbonyl (C=O) groups is 6. The molecule has 47 heavy (non-hydrogen) atoms. The molecular formula is C33H41FN6O7. The van der Waals surface area contributed by atoms with Crippen LogP contribution in [0.3, 0.4) is 0 Å². The molecule has 5 N–H and O–H groups in total. The van der Waals surface area contributed by atoms with Crippen molar-refractivity contribution in [2.24, 2.45) is 5.92 Å². The second kappa shape index (κ2) is 15.6. The van der Waals surface area contributed by atoms with Crippen molar-refractivity contribution in [3.05, 3.63) is 71.5 Å². The van der Waals surface area contributed by atoms with Gasteiger partial charge in [0.15, 0.2) is 0 Å². The zero-order valence-corrected chi connectivity index (χ0v) is 26.6. The highest BCUT2D eigenvalue weighted by Gasteiger charge is 2.44. The van der Waals surface area contributed by atoms with Crippen LogP contribution in [0.4, 0.5) is 4.39 Å². The van der Waals surface area contributed by atoms with E-state index in [1.54, 1.807) is 30.3 Å². The zero-order chi connectivity index (χ0) is 34.2. The van der Waals surface area contributed by atoms with Gasteiger partial charge in [0.05, 0.1) is 18.7 Å². The lowest BCUT2D eigenvalue weighted by Gasteiger charge is -2.30. The fourth-order valence-corrected chi connectivity index (χ4v) is 5.82. The van der Waals surface area contributed by atoms with E-state index >= 15 is 0 Å². The molecule has 0 bridgehead atoms. The van der Waals surface area contributed by atoms with Crippen LogP contribution >= 0.6 is 0 Å². The molecule has 14 heteroatoms. The van der Waals surface area contributed by atoms with Crippen LogP contribution in [0.25, 0.3) is 0 Å². The van der Waals surface area contributed by atoms with Gasteiger partial charge in [0.25, 0.3) is 5.91 Å². The fourth-order valence-electron chi connectivity index (χ4n) is 5.82. The summed E-state index contributed by atoms with van der Waals surface area (Å²) in [7, 11) is 1.32. The zero-order valence-electron chi connectivity index (χ0n) is 26.6. The van der Waals surface area contributed by atoms with Gasteiger partial charge >= 0.3 is 0 Å². The number of benzene rings is 2. The van der Waals surface area contributed by atoms with Gasteiger partial charge in [0, 0.05) is 26.1 Å². The predicted octanol–water partition coefficient (Wildman–Crippen LogP) is -0.267. The minimum Gasteiger partial charge on any atom is -0.394 e. The summed E-state index contributed by atoms with van der Waals surface area (Å²) in [6.45, 7) is 2.31. The van der Waals surface area contributed by atoms with Gasteiger partial charge in [0.1, 0.15) is 30.0 Å². The van der Waals surface area contributed by atoms with Crippen molar-refractivity contribution >= 4 is 35.4 Å². The molecule has 6 amide bonds. The van der Waals surface area contributed by atoms with Crippen LogP contribution in [0.2, 0.25) is 0 Å². The van der Waals surface area contributed by atoms with Gasteiger partial charge < -0.3 is 36.2 Å². The molecule has 2 saturated heterocycles. The van der Waals surface area contributed by atoms with Crippen molar-refractivity contribution in [1.29, 1.82) is 0 Å². The summed E-state index contributed by atoms with van der Waals surface area (Å²) in [5.41, 5.74) is 0.500. The second-order valence-corrected chi connectivity index (χ2v) is 12.3. The molecule has 0 saturated carbocycles. The number of rotatable bonds is 7. The first-order valence-electron chi connectivity index (χ1n) is 15.5. The molecule has 13 nitrogen and oxygen atoms in total. The molecule has 2 aliphatic heterocycles. The van der Waals surface area contributed by atoms with Gasteiger partial charge in [-0.25, -0.2) is 4.39 Å². The third kappa shape index (κ3) is 8.91. The van der Waals surface area contributed by atoms with Crippen molar-refractivity contribution in [3.8, 4) is 0 Å². The maximum atomic E-state index is 14.4. The van der Waals surface area contributed by atoms with Gasteiger partial charge in [-0.3, -0.25) is 28.8 Å². The molecule has 0 spiro atoms. The SMILES string of the molecule is CC(C)C[C@@H]1NC(=O)CN(C)C(=O)[C@H](CO)NC(=O)[C@@H]2C[C@H](NC(=O)c3ccccc3F)CN2C(=O)[C@H](Cc2ccccc2)NC1=O. The number of halogens is 1. The average molecular weight is 653 g/mol. The van der Waals surface area contributed by atoms with Crippen LogP contribution in [0.5, 0.6) is 0 Å². The third-order valence-corrected chi connectivity index (χ3v) is 8.15. The number of fused-ring (bicyclic) bond motifs is 1. The average Bonchev–Trinajstić information content (AvgIpc) is 3.45. The molecule has 4 rings (SSSR count). The molecule has 252 valence electrons. The van der Waals surface area contributed by atoms with Crippen LogP contribution in [0.15, 0.2) is 54.6 Å². The van der Waals surface area contributed by atoms with E-state index in [4.69, 9.17) is 0 Å². The van der Waals surface area contributed by atoms with E-state index in [0.29, 0.717) is 5.56 Å². The maximum Gasteiger partial charge on any atom is 0.254 e. The summed E-state index contributed by atoms with van der Waals surface area (Å²) in [6, 6.07) is 8.60. The normalized spacial score (nSPS) is 24.6. The molecular weight excluding hydrogens is 611 g/mol. The largest absolute Gasteiger partial charge is 0.394 e. The molecule has 5 atom stereocenters. The van der Waals surface area contributed by atoms with Crippen molar-refractivity contribution < 1.29 is 38.3 Å². The van der Waals surface area contributed by atoms with Crippen molar-refractivity contribution in [1.82, 2.24) is 31.1 Å². The number of aliphatic hydroxyl groups is 1. The Hall–Kier alpha value is -4.85. The van der Waals surface area contributed by atoms with Crippen LogP contribution in [0, 0.1) is 11.7 Å². The van der Waals surface area contributed by atoms with E-state index < -0.39 is 84.6 Å². The van der Waals surface area contributed by atoms with E-state index in [9.17, 15) is 38.3 Å². The molecule has 0 aliphatic carbocycles. The summed E-state index contributed by atoms with van der Waals surface area (Å²) in [5.74, 6) is -4.97. The van der Waals surface area contributed by atoms with Crippen LogP contribution in [-0.2, 0) is 30.4 Å². The first kappa shape index (κ1) is 35.0. The highest BCUT2D eigenvalue weighted by molar-refractivity contribution is 5.98. The number of hydrogen-bond donors (Lipinski definition) is 5.